The van der Waals surface area contributed by atoms with Gasteiger partial charge in [-0.25, -0.2) is 8.42 Å². The predicted molar refractivity (Wildman–Crippen MR) is 125 cm³/mol. The molecule has 0 saturated heterocycles. The Bertz CT molecular complexity index is 1130. The van der Waals surface area contributed by atoms with E-state index >= 15 is 0 Å². The number of hydrogen-bond acceptors (Lipinski definition) is 5. The first-order valence-corrected chi connectivity index (χ1v) is 12.8. The van der Waals surface area contributed by atoms with Crippen LogP contribution in [0.15, 0.2) is 57.9 Å². The molecule has 1 aromatic heterocycles. The zero-order valence-corrected chi connectivity index (χ0v) is 19.8. The summed E-state index contributed by atoms with van der Waals surface area (Å²) in [6.45, 7) is 6.29. The molecule has 0 N–H and O–H groups in total. The first-order chi connectivity index (χ1) is 15.3. The van der Waals surface area contributed by atoms with Gasteiger partial charge in [0.25, 0.3) is 0 Å². The second kappa shape index (κ2) is 9.55. The topological polar surface area (TPSA) is 76.3 Å². The van der Waals surface area contributed by atoms with E-state index in [9.17, 15) is 8.42 Å². The van der Waals surface area contributed by atoms with Crippen LogP contribution in [0.3, 0.4) is 0 Å². The van der Waals surface area contributed by atoms with Crippen LogP contribution in [-0.4, -0.2) is 28.9 Å². The van der Waals surface area contributed by atoms with Crippen molar-refractivity contribution in [1.29, 1.82) is 0 Å². The Kier molecular flexibility index (Phi) is 6.76. The van der Waals surface area contributed by atoms with Crippen molar-refractivity contribution in [2.24, 2.45) is 0 Å². The molecule has 32 heavy (non-hydrogen) atoms. The molecule has 1 aliphatic carbocycles. The average molecular weight is 454 g/mol. The van der Waals surface area contributed by atoms with E-state index < -0.39 is 10.0 Å². The maximum absolute atomic E-state index is 13.7. The molecule has 6 nitrogen and oxygen atoms in total. The molecule has 3 aromatic rings. The van der Waals surface area contributed by atoms with E-state index in [0.29, 0.717) is 22.5 Å². The maximum atomic E-state index is 13.7. The summed E-state index contributed by atoms with van der Waals surface area (Å²) in [6.07, 6.45) is 4.90. The molecule has 0 bridgehead atoms. The van der Waals surface area contributed by atoms with Crippen LogP contribution < -0.4 is 0 Å². The Morgan fingerprint density at radius 1 is 1.00 bits per heavy atom. The summed E-state index contributed by atoms with van der Waals surface area (Å²) in [5, 5.41) is 4.09. The largest absolute Gasteiger partial charge is 0.338 e. The van der Waals surface area contributed by atoms with Crippen LogP contribution in [0.5, 0.6) is 0 Å². The van der Waals surface area contributed by atoms with Crippen LogP contribution >= 0.6 is 0 Å². The lowest BCUT2D eigenvalue weighted by Crippen LogP contribution is -2.41. The lowest BCUT2D eigenvalue weighted by Gasteiger charge is -2.32. The van der Waals surface area contributed by atoms with Crippen molar-refractivity contribution in [3.8, 4) is 11.4 Å². The first-order valence-electron chi connectivity index (χ1n) is 11.4. The van der Waals surface area contributed by atoms with Gasteiger partial charge in [0, 0.05) is 11.6 Å². The van der Waals surface area contributed by atoms with Gasteiger partial charge in [-0.05, 0) is 43.4 Å². The van der Waals surface area contributed by atoms with Gasteiger partial charge in [-0.15, -0.1) is 0 Å². The summed E-state index contributed by atoms with van der Waals surface area (Å²) in [5.74, 6) is 1.13. The predicted octanol–water partition coefficient (Wildman–Crippen LogP) is 5.69. The molecule has 0 aliphatic heterocycles. The van der Waals surface area contributed by atoms with Crippen LogP contribution in [0.25, 0.3) is 11.4 Å². The highest BCUT2D eigenvalue weighted by Crippen LogP contribution is 2.30. The van der Waals surface area contributed by atoms with E-state index in [1.807, 2.05) is 43.3 Å². The van der Waals surface area contributed by atoms with Crippen molar-refractivity contribution >= 4 is 10.0 Å². The molecule has 1 aliphatic rings. The summed E-state index contributed by atoms with van der Waals surface area (Å²) >= 11 is 0. The molecular formula is C25H31N3O3S. The van der Waals surface area contributed by atoms with Crippen LogP contribution in [0.2, 0.25) is 0 Å². The standard InChI is InChI=1S/C25H31N3O3S/c1-18(2)20-13-15-23(16-14-20)32(29,30)28(22-7-5-4-6-8-22)17-24-26-25(27-31-24)21-11-9-19(3)10-12-21/h9-16,18,22H,4-8,17H2,1-3H3. The van der Waals surface area contributed by atoms with Gasteiger partial charge in [-0.3, -0.25) is 0 Å². The highest BCUT2D eigenvalue weighted by atomic mass is 32.2. The molecule has 1 fully saturated rings. The molecule has 0 atom stereocenters. The van der Waals surface area contributed by atoms with Crippen molar-refractivity contribution in [1.82, 2.24) is 14.4 Å². The van der Waals surface area contributed by atoms with Crippen molar-refractivity contribution < 1.29 is 12.9 Å². The normalized spacial score (nSPS) is 15.5. The third kappa shape index (κ3) is 4.94. The van der Waals surface area contributed by atoms with Gasteiger partial charge in [-0.2, -0.15) is 9.29 Å². The van der Waals surface area contributed by atoms with Gasteiger partial charge in [0.15, 0.2) is 0 Å². The Balaban J connectivity index is 1.63. The number of hydrogen-bond donors (Lipinski definition) is 0. The van der Waals surface area contributed by atoms with Crippen LogP contribution in [0, 0.1) is 6.92 Å². The fourth-order valence-corrected chi connectivity index (χ4v) is 5.85. The maximum Gasteiger partial charge on any atom is 0.243 e. The van der Waals surface area contributed by atoms with E-state index in [0.717, 1.165) is 48.8 Å². The highest BCUT2D eigenvalue weighted by molar-refractivity contribution is 7.89. The Morgan fingerprint density at radius 2 is 1.66 bits per heavy atom. The fourth-order valence-electron chi connectivity index (χ4n) is 4.21. The second-order valence-corrected chi connectivity index (χ2v) is 10.8. The zero-order chi connectivity index (χ0) is 22.7. The third-order valence-corrected chi connectivity index (χ3v) is 8.12. The fraction of sp³-hybridized carbons (Fsp3) is 0.440. The number of aromatic nitrogens is 2. The molecule has 170 valence electrons. The average Bonchev–Trinajstić information content (AvgIpc) is 3.27. The van der Waals surface area contributed by atoms with E-state index in [4.69, 9.17) is 4.52 Å². The van der Waals surface area contributed by atoms with Crippen LogP contribution in [0.4, 0.5) is 0 Å². The minimum atomic E-state index is -3.70. The Hall–Kier alpha value is -2.51. The summed E-state index contributed by atoms with van der Waals surface area (Å²) < 4.78 is 34.4. The minimum Gasteiger partial charge on any atom is -0.338 e. The van der Waals surface area contributed by atoms with Gasteiger partial charge < -0.3 is 4.52 Å². The van der Waals surface area contributed by atoms with E-state index in [-0.39, 0.29) is 12.6 Å². The molecule has 0 unspecified atom stereocenters. The smallest absolute Gasteiger partial charge is 0.243 e. The monoisotopic (exact) mass is 453 g/mol. The molecule has 2 aromatic carbocycles. The lowest BCUT2D eigenvalue weighted by molar-refractivity contribution is 0.223. The van der Waals surface area contributed by atoms with Gasteiger partial charge >= 0.3 is 0 Å². The summed E-state index contributed by atoms with van der Waals surface area (Å²) in [6, 6.07) is 15.0. The van der Waals surface area contributed by atoms with Crippen LogP contribution in [-0.2, 0) is 16.6 Å². The van der Waals surface area contributed by atoms with E-state index in [1.54, 1.807) is 16.4 Å². The number of benzene rings is 2. The number of rotatable bonds is 7. The van der Waals surface area contributed by atoms with Crippen molar-refractivity contribution in [2.45, 2.75) is 76.3 Å². The van der Waals surface area contributed by atoms with Crippen LogP contribution in [0.1, 0.15) is 68.9 Å². The molecule has 7 heteroatoms. The number of aryl methyl sites for hydroxylation is 1. The highest BCUT2D eigenvalue weighted by Gasteiger charge is 2.34. The summed E-state index contributed by atoms with van der Waals surface area (Å²) in [7, 11) is -3.70. The molecule has 1 saturated carbocycles. The Morgan fingerprint density at radius 3 is 2.28 bits per heavy atom. The molecule has 0 spiro atoms. The van der Waals surface area contributed by atoms with E-state index in [1.165, 1.54) is 0 Å². The van der Waals surface area contributed by atoms with Crippen molar-refractivity contribution in [3.63, 3.8) is 0 Å². The zero-order valence-electron chi connectivity index (χ0n) is 19.0. The molecular weight excluding hydrogens is 422 g/mol. The SMILES string of the molecule is Cc1ccc(-c2noc(CN(C3CCCCC3)S(=O)(=O)c3ccc(C(C)C)cc3)n2)cc1. The summed E-state index contributed by atoms with van der Waals surface area (Å²) in [4.78, 5) is 4.82. The number of sulfonamides is 1. The molecule has 1 heterocycles. The molecule has 4 rings (SSSR count). The summed E-state index contributed by atoms with van der Waals surface area (Å²) in [5.41, 5.74) is 3.12. The van der Waals surface area contributed by atoms with Crippen molar-refractivity contribution in [2.75, 3.05) is 0 Å². The van der Waals surface area contributed by atoms with E-state index in [2.05, 4.69) is 24.0 Å². The first kappa shape index (κ1) is 22.7. The minimum absolute atomic E-state index is 0.0618. The lowest BCUT2D eigenvalue weighted by atomic mass is 9.95. The third-order valence-electron chi connectivity index (χ3n) is 6.20. The number of nitrogens with zero attached hydrogens (tertiary/aromatic N) is 3. The van der Waals surface area contributed by atoms with Gasteiger partial charge in [0.1, 0.15) is 0 Å². The van der Waals surface area contributed by atoms with Gasteiger partial charge in [0.05, 0.1) is 11.4 Å². The second-order valence-electron chi connectivity index (χ2n) is 8.94. The van der Waals surface area contributed by atoms with Gasteiger partial charge in [-0.1, -0.05) is 80.2 Å². The Labute approximate surface area is 190 Å². The molecule has 0 amide bonds. The van der Waals surface area contributed by atoms with Crippen molar-refractivity contribution in [3.05, 3.63) is 65.5 Å². The quantitative estimate of drug-likeness (QED) is 0.459. The van der Waals surface area contributed by atoms with Gasteiger partial charge in [0.2, 0.25) is 21.7 Å². The molecule has 0 radical (unpaired) electrons.